The molecule has 66 heavy (non-hydrogen) atoms. The van der Waals surface area contributed by atoms with Crippen molar-refractivity contribution in [3.63, 3.8) is 0 Å². The molecule has 0 N–H and O–H groups in total. The molecule has 12 heteroatoms. The molecule has 0 fully saturated rings. The first-order valence-corrected chi connectivity index (χ1v) is 21.8. The molecule has 8 heterocycles. The van der Waals surface area contributed by atoms with E-state index >= 15 is 0 Å². The minimum absolute atomic E-state index is 0.644. The number of pyridine rings is 5. The Hall–Kier alpha value is -9.03. The number of aliphatic imine (C=N–C) groups is 1. The van der Waals surface area contributed by atoms with Crippen molar-refractivity contribution in [1.29, 1.82) is 0 Å². The Kier molecular flexibility index (Phi) is 10.0. The first-order valence-electron chi connectivity index (χ1n) is 21.8. The van der Waals surface area contributed by atoms with E-state index in [0.717, 1.165) is 83.4 Å². The second-order valence-corrected chi connectivity index (χ2v) is 15.2. The standard InChI is InChI=1S/C52H34N12.C2H6/c1-3-32-13-5-21-41(44(32)53-4-2)62-47(59-38-18-10-26-56-50(38)62)35-29-36(48-60-39-19-11-27-57-51(39)63(48)42-22-6-14-33-16-8-24-54-45(33)42)31-37(30-35)49-61-40-20-12-28-58-52(40)64(49)43-23-7-15-34-17-9-25-55-46(34)43;1-2/h3-31H,1H2,2H3;1-2H3. The van der Waals surface area contributed by atoms with Crippen LogP contribution in [0.3, 0.4) is 0 Å². The fraction of sp³-hybridized carbons (Fsp3) is 0.0556. The summed E-state index contributed by atoms with van der Waals surface area (Å²) >= 11 is 0. The topological polar surface area (TPSA) is 130 Å². The third-order valence-corrected chi connectivity index (χ3v) is 11.4. The van der Waals surface area contributed by atoms with E-state index in [2.05, 4.69) is 74.9 Å². The van der Waals surface area contributed by atoms with Crippen LogP contribution in [0.1, 0.15) is 26.3 Å². The molecule has 0 saturated heterocycles. The molecule has 0 saturated carbocycles. The summed E-state index contributed by atoms with van der Waals surface area (Å²) in [7, 11) is 0. The molecule has 0 aliphatic rings. The van der Waals surface area contributed by atoms with Crippen LogP contribution in [0.4, 0.5) is 5.69 Å². The lowest BCUT2D eigenvalue weighted by atomic mass is 10.0. The average Bonchev–Trinajstić information content (AvgIpc) is 4.09. The molecule has 0 bridgehead atoms. The summed E-state index contributed by atoms with van der Waals surface area (Å²) in [6, 6.07) is 44.4. The van der Waals surface area contributed by atoms with E-state index in [1.807, 2.05) is 118 Å². The van der Waals surface area contributed by atoms with Crippen LogP contribution in [0.25, 0.3) is 113 Å². The van der Waals surface area contributed by atoms with E-state index < -0.39 is 0 Å². The van der Waals surface area contributed by atoms with E-state index in [-0.39, 0.29) is 0 Å². The van der Waals surface area contributed by atoms with Crippen molar-refractivity contribution in [3.05, 3.63) is 177 Å². The van der Waals surface area contributed by atoms with E-state index in [1.54, 1.807) is 24.8 Å². The predicted molar refractivity (Wildman–Crippen MR) is 266 cm³/mol. The van der Waals surface area contributed by atoms with Crippen LogP contribution in [0.5, 0.6) is 0 Å². The van der Waals surface area contributed by atoms with Crippen LogP contribution in [0.15, 0.2) is 176 Å². The highest BCUT2D eigenvalue weighted by Gasteiger charge is 2.25. The molecule has 0 radical (unpaired) electrons. The molecule has 0 atom stereocenters. The fourth-order valence-corrected chi connectivity index (χ4v) is 8.72. The zero-order valence-electron chi connectivity index (χ0n) is 36.3. The smallest absolute Gasteiger partial charge is 0.165 e. The number of hydrogen-bond donors (Lipinski definition) is 0. The zero-order chi connectivity index (χ0) is 44.7. The summed E-state index contributed by atoms with van der Waals surface area (Å²) in [5.41, 5.74) is 12.4. The Morgan fingerprint density at radius 1 is 0.455 bits per heavy atom. The van der Waals surface area contributed by atoms with Gasteiger partial charge in [-0.05, 0) is 91.9 Å². The molecule has 0 amide bonds. The van der Waals surface area contributed by atoms with Gasteiger partial charge in [-0.25, -0.2) is 29.9 Å². The molecule has 4 aromatic carbocycles. The number of fused-ring (bicyclic) bond motifs is 5. The average molecular weight is 857 g/mol. The lowest BCUT2D eigenvalue weighted by Gasteiger charge is -2.17. The number of imidazole rings is 3. The van der Waals surface area contributed by atoms with Crippen LogP contribution in [-0.4, -0.2) is 59.8 Å². The highest BCUT2D eigenvalue weighted by molar-refractivity contribution is 5.94. The molecule has 316 valence electrons. The molecular formula is C54H40N12. The lowest BCUT2D eigenvalue weighted by Crippen LogP contribution is -2.04. The maximum absolute atomic E-state index is 5.34. The quantitative estimate of drug-likeness (QED) is 0.138. The molecule has 12 rings (SSSR count). The van der Waals surface area contributed by atoms with Gasteiger partial charge in [0.25, 0.3) is 0 Å². The maximum atomic E-state index is 5.34. The van der Waals surface area contributed by atoms with Gasteiger partial charge in [-0.3, -0.25) is 28.7 Å². The SMILES string of the molecule is C=Cc1cccc(-n2c(-c3cc(-c4nc5cccnc5n4-c4cccc5cccnc45)cc(-c4nc5cccnc5n4-c4cccc5cccnc45)c3)nc3cccnc32)c1N=CC.CC. The van der Waals surface area contributed by atoms with Crippen molar-refractivity contribution in [3.8, 4) is 51.2 Å². The van der Waals surface area contributed by atoms with Gasteiger partial charge in [0.15, 0.2) is 16.9 Å². The van der Waals surface area contributed by atoms with Gasteiger partial charge in [0.1, 0.15) is 34.0 Å². The number of rotatable bonds is 8. The van der Waals surface area contributed by atoms with Crippen LogP contribution >= 0.6 is 0 Å². The highest BCUT2D eigenvalue weighted by Crippen LogP contribution is 2.41. The summed E-state index contributed by atoms with van der Waals surface area (Å²) in [5, 5.41) is 1.99. The predicted octanol–water partition coefficient (Wildman–Crippen LogP) is 12.4. The zero-order valence-corrected chi connectivity index (χ0v) is 36.3. The minimum Gasteiger partial charge on any atom is -0.274 e. The van der Waals surface area contributed by atoms with E-state index in [4.69, 9.17) is 44.9 Å². The first kappa shape index (κ1) is 39.8. The Bertz CT molecular complexity index is 3670. The number of aromatic nitrogens is 11. The Morgan fingerprint density at radius 3 is 1.27 bits per heavy atom. The van der Waals surface area contributed by atoms with E-state index in [9.17, 15) is 0 Å². The van der Waals surface area contributed by atoms with Gasteiger partial charge in [-0.1, -0.05) is 75.0 Å². The highest BCUT2D eigenvalue weighted by atomic mass is 15.2. The van der Waals surface area contributed by atoms with Crippen molar-refractivity contribution in [1.82, 2.24) is 53.6 Å². The lowest BCUT2D eigenvalue weighted by molar-refractivity contribution is 1.06. The van der Waals surface area contributed by atoms with Gasteiger partial charge in [0.05, 0.1) is 33.8 Å². The number of hydrogen-bond acceptors (Lipinski definition) is 9. The second kappa shape index (κ2) is 16.6. The van der Waals surface area contributed by atoms with Gasteiger partial charge < -0.3 is 0 Å². The number of nitrogens with zero attached hydrogens (tertiary/aromatic N) is 12. The van der Waals surface area contributed by atoms with E-state index in [1.165, 1.54) is 0 Å². The van der Waals surface area contributed by atoms with Crippen LogP contribution in [0.2, 0.25) is 0 Å². The summed E-state index contributed by atoms with van der Waals surface area (Å²) in [6.07, 6.45) is 12.6. The normalized spacial score (nSPS) is 11.6. The van der Waals surface area contributed by atoms with Gasteiger partial charge in [0.2, 0.25) is 0 Å². The van der Waals surface area contributed by atoms with Crippen molar-refractivity contribution < 1.29 is 0 Å². The number of benzene rings is 4. The molecule has 0 unspecified atom stereocenters. The van der Waals surface area contributed by atoms with Crippen LogP contribution < -0.4 is 0 Å². The van der Waals surface area contributed by atoms with Gasteiger partial charge in [-0.2, -0.15) is 0 Å². The summed E-state index contributed by atoms with van der Waals surface area (Å²) < 4.78 is 6.27. The number of para-hydroxylation sites is 3. The summed E-state index contributed by atoms with van der Waals surface area (Å²) in [4.78, 5) is 45.3. The molecular weight excluding hydrogens is 817 g/mol. The first-order chi connectivity index (χ1) is 32.7. The van der Waals surface area contributed by atoms with Crippen molar-refractivity contribution in [2.75, 3.05) is 0 Å². The van der Waals surface area contributed by atoms with Crippen molar-refractivity contribution in [2.24, 2.45) is 4.99 Å². The Labute approximate surface area is 379 Å². The second-order valence-electron chi connectivity index (χ2n) is 15.2. The largest absolute Gasteiger partial charge is 0.274 e. The fourth-order valence-electron chi connectivity index (χ4n) is 8.72. The van der Waals surface area contributed by atoms with E-state index in [0.29, 0.717) is 34.4 Å². The van der Waals surface area contributed by atoms with Gasteiger partial charge in [-0.15, -0.1) is 0 Å². The van der Waals surface area contributed by atoms with Gasteiger partial charge in [0, 0.05) is 70.2 Å². The molecule has 12 nitrogen and oxygen atoms in total. The van der Waals surface area contributed by atoms with Crippen molar-refractivity contribution in [2.45, 2.75) is 20.8 Å². The van der Waals surface area contributed by atoms with Crippen LogP contribution in [0, 0.1) is 0 Å². The molecule has 8 aromatic heterocycles. The molecule has 0 aliphatic carbocycles. The molecule has 0 spiro atoms. The third kappa shape index (κ3) is 6.50. The minimum atomic E-state index is 0.644. The Balaban J connectivity index is 0.00000238. The molecule has 12 aromatic rings. The molecule has 0 aliphatic heterocycles. The van der Waals surface area contributed by atoms with Crippen molar-refractivity contribution >= 4 is 73.3 Å². The maximum Gasteiger partial charge on any atom is 0.165 e. The third-order valence-electron chi connectivity index (χ3n) is 11.4. The van der Waals surface area contributed by atoms with Gasteiger partial charge >= 0.3 is 0 Å². The summed E-state index contributed by atoms with van der Waals surface area (Å²) in [5.74, 6) is 1.97. The van der Waals surface area contributed by atoms with Crippen LogP contribution in [-0.2, 0) is 0 Å². The summed E-state index contributed by atoms with van der Waals surface area (Å²) in [6.45, 7) is 10.0. The Morgan fingerprint density at radius 2 is 0.833 bits per heavy atom. The monoisotopic (exact) mass is 856 g/mol.